The number of primary amides is 1. The Balaban J connectivity index is 1.77. The summed E-state index contributed by atoms with van der Waals surface area (Å²) < 4.78 is 1.71. The van der Waals surface area contributed by atoms with Crippen LogP contribution in [0.2, 0.25) is 0 Å². The molecule has 0 unspecified atom stereocenters. The molecule has 0 radical (unpaired) electrons. The minimum absolute atomic E-state index is 0.0472. The topological polar surface area (TPSA) is 132 Å². The standard InChI is InChI=1S/C17H20N6O3/c1-10-3-2-4-11(7-10)9-23-15(20-14(22-23)8-13(18)24)6-5-12-16(25)21-17(26)19-12/h2-4,7,12H,5-6,8-9H2,1H3,(H2,18,24)(H2,19,21,25,26)/t12-/m0/s1. The number of amides is 4. The second-order valence-corrected chi connectivity index (χ2v) is 6.29. The lowest BCUT2D eigenvalue weighted by molar-refractivity contribution is -0.120. The molecule has 1 atom stereocenters. The van der Waals surface area contributed by atoms with Crippen LogP contribution in [0, 0.1) is 6.92 Å². The predicted octanol–water partition coefficient (Wildman–Crippen LogP) is -0.197. The van der Waals surface area contributed by atoms with Gasteiger partial charge in [-0.3, -0.25) is 14.9 Å². The van der Waals surface area contributed by atoms with E-state index in [0.29, 0.717) is 31.0 Å². The molecule has 1 aromatic carbocycles. The van der Waals surface area contributed by atoms with Gasteiger partial charge >= 0.3 is 6.03 Å². The van der Waals surface area contributed by atoms with Gasteiger partial charge in [0.25, 0.3) is 5.91 Å². The van der Waals surface area contributed by atoms with E-state index < -0.39 is 18.0 Å². The molecule has 3 rings (SSSR count). The van der Waals surface area contributed by atoms with Crippen LogP contribution < -0.4 is 16.4 Å². The van der Waals surface area contributed by atoms with Crippen molar-refractivity contribution >= 4 is 17.8 Å². The van der Waals surface area contributed by atoms with E-state index in [1.165, 1.54) is 0 Å². The number of nitrogens with zero attached hydrogens (tertiary/aromatic N) is 3. The van der Waals surface area contributed by atoms with Crippen LogP contribution in [0.5, 0.6) is 0 Å². The van der Waals surface area contributed by atoms with Crippen LogP contribution in [0.3, 0.4) is 0 Å². The van der Waals surface area contributed by atoms with E-state index >= 15 is 0 Å². The number of hydrogen-bond acceptors (Lipinski definition) is 5. The summed E-state index contributed by atoms with van der Waals surface area (Å²) in [6, 6.07) is 6.91. The number of urea groups is 1. The van der Waals surface area contributed by atoms with Crippen LogP contribution in [0.25, 0.3) is 0 Å². The maximum Gasteiger partial charge on any atom is 0.322 e. The molecule has 4 N–H and O–H groups in total. The van der Waals surface area contributed by atoms with Gasteiger partial charge in [0.1, 0.15) is 11.9 Å². The van der Waals surface area contributed by atoms with Gasteiger partial charge in [-0.2, -0.15) is 5.10 Å². The molecule has 4 amide bonds. The number of carbonyl (C=O) groups is 3. The van der Waals surface area contributed by atoms with Crippen molar-refractivity contribution in [3.8, 4) is 0 Å². The molecule has 1 aliphatic heterocycles. The number of imide groups is 1. The van der Waals surface area contributed by atoms with E-state index in [1.54, 1.807) is 4.68 Å². The van der Waals surface area contributed by atoms with Gasteiger partial charge in [0, 0.05) is 6.42 Å². The van der Waals surface area contributed by atoms with Gasteiger partial charge < -0.3 is 11.1 Å². The lowest BCUT2D eigenvalue weighted by Gasteiger charge is -2.09. The number of carbonyl (C=O) groups excluding carboxylic acids is 3. The van der Waals surface area contributed by atoms with Crippen molar-refractivity contribution in [1.29, 1.82) is 0 Å². The maximum absolute atomic E-state index is 11.7. The Kier molecular flexibility index (Phi) is 4.97. The zero-order valence-corrected chi connectivity index (χ0v) is 14.4. The Morgan fingerprint density at radius 3 is 2.81 bits per heavy atom. The van der Waals surface area contributed by atoms with Gasteiger partial charge in [-0.25, -0.2) is 14.5 Å². The van der Waals surface area contributed by atoms with Crippen LogP contribution in [0.15, 0.2) is 24.3 Å². The van der Waals surface area contributed by atoms with Crippen molar-refractivity contribution in [1.82, 2.24) is 25.4 Å². The Bertz CT molecular complexity index is 860. The first-order valence-corrected chi connectivity index (χ1v) is 8.28. The summed E-state index contributed by atoms with van der Waals surface area (Å²) in [7, 11) is 0. The minimum Gasteiger partial charge on any atom is -0.369 e. The Morgan fingerprint density at radius 2 is 2.15 bits per heavy atom. The van der Waals surface area contributed by atoms with Crippen molar-refractivity contribution in [3.05, 3.63) is 47.0 Å². The minimum atomic E-state index is -0.591. The smallest absolute Gasteiger partial charge is 0.322 e. The van der Waals surface area contributed by atoms with Crippen LogP contribution in [-0.2, 0) is 29.0 Å². The fourth-order valence-electron chi connectivity index (χ4n) is 2.89. The highest BCUT2D eigenvalue weighted by atomic mass is 16.2. The molecule has 2 heterocycles. The summed E-state index contributed by atoms with van der Waals surface area (Å²) in [6.45, 7) is 2.50. The van der Waals surface area contributed by atoms with Gasteiger partial charge in [0.2, 0.25) is 5.91 Å². The second-order valence-electron chi connectivity index (χ2n) is 6.29. The molecule has 1 saturated heterocycles. The first-order chi connectivity index (χ1) is 12.4. The third kappa shape index (κ3) is 4.24. The molecule has 26 heavy (non-hydrogen) atoms. The van der Waals surface area contributed by atoms with E-state index in [4.69, 9.17) is 5.73 Å². The Morgan fingerprint density at radius 1 is 1.35 bits per heavy atom. The molecule has 9 nitrogen and oxygen atoms in total. The maximum atomic E-state index is 11.7. The van der Waals surface area contributed by atoms with Gasteiger partial charge in [0.15, 0.2) is 5.82 Å². The van der Waals surface area contributed by atoms with Crippen molar-refractivity contribution in [3.63, 3.8) is 0 Å². The summed E-state index contributed by atoms with van der Waals surface area (Å²) >= 11 is 0. The third-order valence-electron chi connectivity index (χ3n) is 4.05. The van der Waals surface area contributed by atoms with Gasteiger partial charge in [0.05, 0.1) is 13.0 Å². The fourth-order valence-corrected chi connectivity index (χ4v) is 2.89. The molecule has 136 valence electrons. The molecule has 9 heteroatoms. The fraction of sp³-hybridized carbons (Fsp3) is 0.353. The van der Waals surface area contributed by atoms with Crippen LogP contribution in [0.4, 0.5) is 4.79 Å². The molecule has 0 saturated carbocycles. The summed E-state index contributed by atoms with van der Waals surface area (Å²) in [6.07, 6.45) is 0.768. The van der Waals surface area contributed by atoms with Gasteiger partial charge in [-0.05, 0) is 18.9 Å². The number of nitrogens with two attached hydrogens (primary N) is 1. The van der Waals surface area contributed by atoms with Crippen molar-refractivity contribution in [2.45, 2.75) is 38.8 Å². The Hall–Kier alpha value is -3.23. The number of aromatic nitrogens is 3. The van der Waals surface area contributed by atoms with Crippen molar-refractivity contribution in [2.24, 2.45) is 5.73 Å². The van der Waals surface area contributed by atoms with E-state index in [2.05, 4.69) is 20.7 Å². The van der Waals surface area contributed by atoms with Crippen LogP contribution in [0.1, 0.15) is 29.2 Å². The van der Waals surface area contributed by atoms with Gasteiger partial charge in [-0.15, -0.1) is 0 Å². The molecular formula is C17H20N6O3. The van der Waals surface area contributed by atoms with Crippen LogP contribution >= 0.6 is 0 Å². The first kappa shape index (κ1) is 17.6. The number of benzene rings is 1. The summed E-state index contributed by atoms with van der Waals surface area (Å²) in [5, 5.41) is 9.13. The summed E-state index contributed by atoms with van der Waals surface area (Å²) in [5.41, 5.74) is 7.42. The van der Waals surface area contributed by atoms with Gasteiger partial charge in [-0.1, -0.05) is 29.8 Å². The number of rotatable bonds is 7. The van der Waals surface area contributed by atoms with E-state index in [-0.39, 0.29) is 12.3 Å². The number of nitrogens with one attached hydrogen (secondary N) is 2. The molecular weight excluding hydrogens is 336 g/mol. The highest BCUT2D eigenvalue weighted by Gasteiger charge is 2.29. The molecule has 1 aromatic heterocycles. The summed E-state index contributed by atoms with van der Waals surface area (Å²) in [4.78, 5) is 38.4. The quantitative estimate of drug-likeness (QED) is 0.591. The Labute approximate surface area is 150 Å². The molecule has 1 aliphatic rings. The molecule has 2 aromatic rings. The lowest BCUT2D eigenvalue weighted by atomic mass is 10.1. The van der Waals surface area contributed by atoms with Crippen molar-refractivity contribution < 1.29 is 14.4 Å². The number of hydrogen-bond donors (Lipinski definition) is 3. The first-order valence-electron chi connectivity index (χ1n) is 8.28. The summed E-state index contributed by atoms with van der Waals surface area (Å²) in [5.74, 6) is 0.126. The molecule has 0 spiro atoms. The molecule has 1 fully saturated rings. The normalized spacial score (nSPS) is 16.4. The van der Waals surface area contributed by atoms with E-state index in [0.717, 1.165) is 11.1 Å². The third-order valence-corrected chi connectivity index (χ3v) is 4.05. The largest absolute Gasteiger partial charge is 0.369 e. The predicted molar refractivity (Wildman–Crippen MR) is 92.0 cm³/mol. The zero-order chi connectivity index (χ0) is 18.7. The SMILES string of the molecule is Cc1cccc(Cn2nc(CC(N)=O)nc2CC[C@@H]2NC(=O)NC2=O)c1. The second kappa shape index (κ2) is 7.34. The molecule has 0 bridgehead atoms. The highest BCUT2D eigenvalue weighted by Crippen LogP contribution is 2.11. The highest BCUT2D eigenvalue weighted by molar-refractivity contribution is 6.04. The van der Waals surface area contributed by atoms with E-state index in [9.17, 15) is 14.4 Å². The van der Waals surface area contributed by atoms with Crippen LogP contribution in [-0.4, -0.2) is 38.7 Å². The monoisotopic (exact) mass is 356 g/mol. The number of aryl methyl sites for hydroxylation is 2. The zero-order valence-electron chi connectivity index (χ0n) is 14.4. The van der Waals surface area contributed by atoms with E-state index in [1.807, 2.05) is 31.2 Å². The average Bonchev–Trinajstić information content (AvgIpc) is 3.07. The average molecular weight is 356 g/mol. The van der Waals surface area contributed by atoms with Crippen molar-refractivity contribution in [2.75, 3.05) is 0 Å². The molecule has 0 aliphatic carbocycles. The lowest BCUT2D eigenvalue weighted by Crippen LogP contribution is -2.29.